The number of rotatable bonds is 5. The van der Waals surface area contributed by atoms with Crippen LogP contribution in [-0.2, 0) is 19.6 Å². The molecule has 3 N–H and O–H groups in total. The summed E-state index contributed by atoms with van der Waals surface area (Å²) in [5.41, 5.74) is 5.57. The number of hydrazine groups is 1. The van der Waals surface area contributed by atoms with Crippen molar-refractivity contribution in [3.8, 4) is 0 Å². The average Bonchev–Trinajstić information content (AvgIpc) is 3.20. The van der Waals surface area contributed by atoms with Crippen LogP contribution in [0.5, 0.6) is 0 Å². The van der Waals surface area contributed by atoms with Gasteiger partial charge in [-0.1, -0.05) is 19.9 Å². The molecule has 4 rings (SSSR count). The molecule has 1 aliphatic rings. The maximum Gasteiger partial charge on any atom is 0.328 e. The van der Waals surface area contributed by atoms with Crippen molar-refractivity contribution in [3.05, 3.63) is 48.7 Å². The molecule has 33 heavy (non-hydrogen) atoms. The van der Waals surface area contributed by atoms with E-state index in [4.69, 9.17) is 0 Å². The molecule has 11 nitrogen and oxygen atoms in total. The summed E-state index contributed by atoms with van der Waals surface area (Å²) in [5, 5.41) is 6.53. The van der Waals surface area contributed by atoms with Gasteiger partial charge in [0.25, 0.3) is 5.95 Å². The number of aromatic nitrogens is 3. The van der Waals surface area contributed by atoms with Gasteiger partial charge < -0.3 is 5.32 Å². The van der Waals surface area contributed by atoms with Crippen molar-refractivity contribution in [2.24, 2.45) is 11.8 Å². The van der Waals surface area contributed by atoms with Gasteiger partial charge in [0.1, 0.15) is 0 Å². The monoisotopic (exact) mass is 471 g/mol. The SMILES string of the molecule is CC1CC(C)CN(S(=O)(=O)c2ccc(NC(=O)C(=O)NNc3nc4ccccn4n3)cc2)C1. The molecule has 0 radical (unpaired) electrons. The first kappa shape index (κ1) is 22.7. The molecule has 0 saturated carbocycles. The number of nitrogens with one attached hydrogen (secondary N) is 3. The zero-order chi connectivity index (χ0) is 23.6. The van der Waals surface area contributed by atoms with E-state index in [2.05, 4.69) is 26.3 Å². The summed E-state index contributed by atoms with van der Waals surface area (Å²) in [4.78, 5) is 28.5. The second kappa shape index (κ2) is 9.16. The van der Waals surface area contributed by atoms with Gasteiger partial charge in [-0.2, -0.15) is 9.29 Å². The molecule has 3 heterocycles. The summed E-state index contributed by atoms with van der Waals surface area (Å²) < 4.78 is 28.9. The standard InChI is InChI=1S/C21H25N7O4S/c1-14-11-15(2)13-27(12-14)33(31,32)17-8-6-16(7-9-17)22-19(29)20(30)24-25-21-23-18-5-3-4-10-28(18)26-21/h3-10,14-15H,11-13H2,1-2H3,(H,22,29)(H,24,30)(H,25,26). The first-order valence-corrected chi connectivity index (χ1v) is 12.0. The van der Waals surface area contributed by atoms with E-state index >= 15 is 0 Å². The Balaban J connectivity index is 1.34. The Labute approximate surface area is 191 Å². The van der Waals surface area contributed by atoms with Crippen molar-refractivity contribution >= 4 is 39.1 Å². The lowest BCUT2D eigenvalue weighted by atomic mass is 9.94. The highest BCUT2D eigenvalue weighted by atomic mass is 32.2. The van der Waals surface area contributed by atoms with Crippen LogP contribution in [0.1, 0.15) is 20.3 Å². The van der Waals surface area contributed by atoms with Crippen LogP contribution < -0.4 is 16.2 Å². The lowest BCUT2D eigenvalue weighted by molar-refractivity contribution is -0.135. The topological polar surface area (TPSA) is 138 Å². The highest BCUT2D eigenvalue weighted by Crippen LogP contribution is 2.27. The summed E-state index contributed by atoms with van der Waals surface area (Å²) in [7, 11) is -3.62. The predicted molar refractivity (Wildman–Crippen MR) is 122 cm³/mol. The quantitative estimate of drug-likeness (QED) is 0.378. The van der Waals surface area contributed by atoms with Gasteiger partial charge in [-0.15, -0.1) is 5.10 Å². The van der Waals surface area contributed by atoms with E-state index < -0.39 is 21.8 Å². The number of carbonyl (C=O) groups excluding carboxylic acids is 2. The van der Waals surface area contributed by atoms with E-state index in [1.807, 2.05) is 13.8 Å². The largest absolute Gasteiger partial charge is 0.328 e. The molecular formula is C21H25N7O4S. The molecule has 2 unspecified atom stereocenters. The molecule has 0 bridgehead atoms. The molecule has 1 fully saturated rings. The average molecular weight is 472 g/mol. The van der Waals surface area contributed by atoms with E-state index in [1.54, 1.807) is 24.4 Å². The Kier molecular flexibility index (Phi) is 6.29. The first-order valence-electron chi connectivity index (χ1n) is 10.5. The third kappa shape index (κ3) is 5.12. The van der Waals surface area contributed by atoms with Crippen molar-refractivity contribution in [2.75, 3.05) is 23.8 Å². The summed E-state index contributed by atoms with van der Waals surface area (Å²) in [6, 6.07) is 11.1. The lowest BCUT2D eigenvalue weighted by Gasteiger charge is -2.34. The summed E-state index contributed by atoms with van der Waals surface area (Å²) >= 11 is 0. The van der Waals surface area contributed by atoms with Gasteiger partial charge in [-0.3, -0.25) is 20.4 Å². The molecule has 1 aromatic carbocycles. The van der Waals surface area contributed by atoms with Gasteiger partial charge in [0.2, 0.25) is 10.0 Å². The Morgan fingerprint density at radius 3 is 2.36 bits per heavy atom. The third-order valence-electron chi connectivity index (χ3n) is 5.32. The minimum Gasteiger partial charge on any atom is -0.318 e. The van der Waals surface area contributed by atoms with Crippen molar-refractivity contribution in [1.82, 2.24) is 24.3 Å². The number of nitrogens with zero attached hydrogens (tertiary/aromatic N) is 4. The smallest absolute Gasteiger partial charge is 0.318 e. The van der Waals surface area contributed by atoms with E-state index in [1.165, 1.54) is 33.1 Å². The molecule has 2 atom stereocenters. The van der Waals surface area contributed by atoms with Crippen molar-refractivity contribution < 1.29 is 18.0 Å². The van der Waals surface area contributed by atoms with Crippen LogP contribution in [0, 0.1) is 11.8 Å². The molecule has 0 aliphatic carbocycles. The van der Waals surface area contributed by atoms with Crippen LogP contribution in [0.3, 0.4) is 0 Å². The Bertz CT molecular complexity index is 1230. The fourth-order valence-electron chi connectivity index (χ4n) is 3.90. The number of benzene rings is 1. The van der Waals surface area contributed by atoms with Crippen LogP contribution >= 0.6 is 0 Å². The van der Waals surface area contributed by atoms with E-state index in [-0.39, 0.29) is 10.8 Å². The van der Waals surface area contributed by atoms with Crippen LogP contribution in [0.25, 0.3) is 5.65 Å². The summed E-state index contributed by atoms with van der Waals surface area (Å²) in [5.74, 6) is -1.17. The molecule has 1 aliphatic heterocycles. The van der Waals surface area contributed by atoms with Gasteiger partial charge in [-0.05, 0) is 54.7 Å². The summed E-state index contributed by atoms with van der Waals surface area (Å²) in [6.07, 6.45) is 2.69. The highest BCUT2D eigenvalue weighted by molar-refractivity contribution is 7.89. The van der Waals surface area contributed by atoms with Gasteiger partial charge in [0.05, 0.1) is 4.90 Å². The number of sulfonamides is 1. The van der Waals surface area contributed by atoms with Crippen LogP contribution in [-0.4, -0.2) is 52.2 Å². The number of hydrogen-bond donors (Lipinski definition) is 3. The van der Waals surface area contributed by atoms with Crippen LogP contribution in [0.4, 0.5) is 11.6 Å². The third-order valence-corrected chi connectivity index (χ3v) is 7.17. The van der Waals surface area contributed by atoms with Gasteiger partial charge in [0, 0.05) is 25.0 Å². The van der Waals surface area contributed by atoms with Gasteiger partial charge >= 0.3 is 11.8 Å². The molecule has 174 valence electrons. The fraction of sp³-hybridized carbons (Fsp3) is 0.333. The van der Waals surface area contributed by atoms with E-state index in [9.17, 15) is 18.0 Å². The second-order valence-corrected chi connectivity index (χ2v) is 10.2. The molecule has 2 amide bonds. The lowest BCUT2D eigenvalue weighted by Crippen LogP contribution is -2.42. The zero-order valence-corrected chi connectivity index (χ0v) is 19.0. The fourth-order valence-corrected chi connectivity index (χ4v) is 5.58. The van der Waals surface area contributed by atoms with Crippen LogP contribution in [0.15, 0.2) is 53.6 Å². The van der Waals surface area contributed by atoms with E-state index in [0.717, 1.165) is 6.42 Å². The first-order chi connectivity index (χ1) is 15.7. The van der Waals surface area contributed by atoms with Crippen molar-refractivity contribution in [3.63, 3.8) is 0 Å². The maximum atomic E-state index is 13.0. The molecule has 12 heteroatoms. The Hall–Kier alpha value is -3.51. The summed E-state index contributed by atoms with van der Waals surface area (Å²) in [6.45, 7) is 5.06. The maximum absolute atomic E-state index is 13.0. The molecule has 1 saturated heterocycles. The highest BCUT2D eigenvalue weighted by Gasteiger charge is 2.31. The zero-order valence-electron chi connectivity index (χ0n) is 18.2. The number of anilines is 2. The molecular weight excluding hydrogens is 446 g/mol. The van der Waals surface area contributed by atoms with Crippen molar-refractivity contribution in [2.45, 2.75) is 25.2 Å². The Morgan fingerprint density at radius 1 is 1.00 bits per heavy atom. The number of hydrogen-bond acceptors (Lipinski definition) is 7. The Morgan fingerprint density at radius 2 is 1.70 bits per heavy atom. The minimum absolute atomic E-state index is 0.123. The molecule has 2 aromatic heterocycles. The predicted octanol–water partition coefficient (Wildman–Crippen LogP) is 1.48. The molecule has 0 spiro atoms. The minimum atomic E-state index is -3.62. The van der Waals surface area contributed by atoms with Gasteiger partial charge in [0.15, 0.2) is 5.65 Å². The number of carbonyl (C=O) groups is 2. The number of fused-ring (bicyclic) bond motifs is 1. The number of piperidine rings is 1. The second-order valence-electron chi connectivity index (χ2n) is 8.26. The van der Waals surface area contributed by atoms with E-state index in [0.29, 0.717) is 36.3 Å². The van der Waals surface area contributed by atoms with Crippen molar-refractivity contribution in [1.29, 1.82) is 0 Å². The van der Waals surface area contributed by atoms with Crippen LogP contribution in [0.2, 0.25) is 0 Å². The normalized spacial score (nSPS) is 19.2. The number of pyridine rings is 1. The van der Waals surface area contributed by atoms with Gasteiger partial charge in [-0.25, -0.2) is 12.9 Å². The molecule has 3 aromatic rings. The number of amides is 2.